The Kier molecular flexibility index (Phi) is 2.34. The van der Waals surface area contributed by atoms with E-state index in [2.05, 4.69) is 30.3 Å². The molecule has 1 nitrogen and oxygen atoms in total. The standard InChI is InChI=1S/C19H23NS/c20-17(21)19-9-13-8-18(11-19,14-4-2-1-3-5-14)10-15(19)16(13)12-6-7-12/h1-5,12-13,15-16H,6-11H2,(H2,20,21)/t13-,15?,16?,18?,19?/m1/s1. The van der Waals surface area contributed by atoms with Crippen molar-refractivity contribution < 1.29 is 0 Å². The lowest BCUT2D eigenvalue weighted by Crippen LogP contribution is -2.40. The molecule has 2 heteroatoms. The zero-order chi connectivity index (χ0) is 14.2. The fourth-order valence-corrected chi connectivity index (χ4v) is 6.95. The summed E-state index contributed by atoms with van der Waals surface area (Å²) in [7, 11) is 0. The van der Waals surface area contributed by atoms with E-state index in [9.17, 15) is 0 Å². The van der Waals surface area contributed by atoms with Gasteiger partial charge in [-0.2, -0.15) is 0 Å². The molecule has 1 aromatic carbocycles. The van der Waals surface area contributed by atoms with E-state index < -0.39 is 0 Å². The molecule has 6 rings (SSSR count). The molecule has 2 N–H and O–H groups in total. The first-order valence-electron chi connectivity index (χ1n) is 8.50. The van der Waals surface area contributed by atoms with Crippen LogP contribution >= 0.6 is 12.2 Å². The molecule has 1 aromatic rings. The Morgan fingerprint density at radius 3 is 2.48 bits per heavy atom. The van der Waals surface area contributed by atoms with Crippen LogP contribution in [0.25, 0.3) is 0 Å². The normalized spacial score (nSPS) is 47.0. The van der Waals surface area contributed by atoms with Crippen LogP contribution in [-0.4, -0.2) is 4.99 Å². The lowest BCUT2D eigenvalue weighted by molar-refractivity contribution is 0.147. The van der Waals surface area contributed by atoms with Crippen molar-refractivity contribution in [2.75, 3.05) is 0 Å². The first-order chi connectivity index (χ1) is 10.1. The second kappa shape index (κ2) is 3.90. The van der Waals surface area contributed by atoms with Crippen molar-refractivity contribution in [1.82, 2.24) is 0 Å². The largest absolute Gasteiger partial charge is 0.393 e. The summed E-state index contributed by atoms with van der Waals surface area (Å²) in [5.41, 5.74) is 8.43. The first kappa shape index (κ1) is 12.6. The van der Waals surface area contributed by atoms with Crippen LogP contribution in [0.3, 0.4) is 0 Å². The van der Waals surface area contributed by atoms with Crippen molar-refractivity contribution in [3.05, 3.63) is 35.9 Å². The third-order valence-corrected chi connectivity index (χ3v) is 7.71. The maximum absolute atomic E-state index is 6.31. The van der Waals surface area contributed by atoms with Gasteiger partial charge in [0.15, 0.2) is 0 Å². The van der Waals surface area contributed by atoms with E-state index in [1.165, 1.54) is 38.5 Å². The van der Waals surface area contributed by atoms with E-state index in [0.29, 0.717) is 5.41 Å². The summed E-state index contributed by atoms with van der Waals surface area (Å²) >= 11 is 5.59. The molecule has 5 aliphatic rings. The quantitative estimate of drug-likeness (QED) is 0.852. The number of hydrogen-bond acceptors (Lipinski definition) is 1. The second-order valence-electron chi connectivity index (χ2n) is 8.24. The fraction of sp³-hybridized carbons (Fsp3) is 0.632. The molecule has 0 amide bonds. The lowest BCUT2D eigenvalue weighted by atomic mass is 9.61. The summed E-state index contributed by atoms with van der Waals surface area (Å²) in [6, 6.07) is 11.2. The number of hydrogen-bond donors (Lipinski definition) is 1. The van der Waals surface area contributed by atoms with Crippen LogP contribution in [0, 0.1) is 29.1 Å². The molecule has 0 saturated heterocycles. The van der Waals surface area contributed by atoms with Gasteiger partial charge in [-0.05, 0) is 73.2 Å². The summed E-state index contributed by atoms with van der Waals surface area (Å²) in [5, 5.41) is 0. The fourth-order valence-electron chi connectivity index (χ4n) is 6.64. The molecule has 5 aliphatic carbocycles. The third-order valence-electron chi connectivity index (χ3n) is 7.31. The van der Waals surface area contributed by atoms with E-state index in [1.54, 1.807) is 5.56 Å². The van der Waals surface area contributed by atoms with Crippen molar-refractivity contribution in [3.63, 3.8) is 0 Å². The Hall–Kier alpha value is -0.890. The van der Waals surface area contributed by atoms with Crippen LogP contribution in [0.5, 0.6) is 0 Å². The van der Waals surface area contributed by atoms with Gasteiger partial charge in [-0.1, -0.05) is 42.5 Å². The highest BCUT2D eigenvalue weighted by Crippen LogP contribution is 2.75. The highest BCUT2D eigenvalue weighted by molar-refractivity contribution is 7.80. The van der Waals surface area contributed by atoms with Crippen LogP contribution in [0.1, 0.15) is 44.1 Å². The van der Waals surface area contributed by atoms with E-state index in [0.717, 1.165) is 28.7 Å². The Bertz CT molecular complexity index is 607. The minimum atomic E-state index is 0.196. The Morgan fingerprint density at radius 1 is 1.05 bits per heavy atom. The second-order valence-corrected chi connectivity index (χ2v) is 8.68. The molecule has 110 valence electrons. The third kappa shape index (κ3) is 1.50. The molecule has 0 aliphatic heterocycles. The lowest BCUT2D eigenvalue weighted by Gasteiger charge is -2.43. The first-order valence-corrected chi connectivity index (χ1v) is 8.91. The minimum absolute atomic E-state index is 0.196. The number of rotatable bonds is 3. The maximum Gasteiger partial charge on any atom is 0.0793 e. The monoisotopic (exact) mass is 297 g/mol. The SMILES string of the molecule is NC(=S)C12C[C@H]3CC(c4ccccc4)(CC1C3C1CC1)C2. The van der Waals surface area contributed by atoms with Crippen LogP contribution in [0.15, 0.2) is 30.3 Å². The molecule has 4 bridgehead atoms. The summed E-state index contributed by atoms with van der Waals surface area (Å²) in [6.07, 6.45) is 8.17. The number of benzene rings is 1. The van der Waals surface area contributed by atoms with E-state index in [1.807, 2.05) is 0 Å². The molecular weight excluding hydrogens is 274 g/mol. The molecule has 5 fully saturated rings. The van der Waals surface area contributed by atoms with Crippen molar-refractivity contribution >= 4 is 17.2 Å². The highest BCUT2D eigenvalue weighted by Gasteiger charge is 2.70. The smallest absolute Gasteiger partial charge is 0.0793 e. The zero-order valence-corrected chi connectivity index (χ0v) is 13.2. The van der Waals surface area contributed by atoms with Crippen LogP contribution in [0.2, 0.25) is 0 Å². The van der Waals surface area contributed by atoms with E-state index in [4.69, 9.17) is 18.0 Å². The molecule has 0 aromatic heterocycles. The Labute approximate surface area is 132 Å². The zero-order valence-electron chi connectivity index (χ0n) is 12.4. The summed E-state index contributed by atoms with van der Waals surface area (Å²) in [6.45, 7) is 0. The van der Waals surface area contributed by atoms with Gasteiger partial charge in [0.2, 0.25) is 0 Å². The van der Waals surface area contributed by atoms with Gasteiger partial charge >= 0.3 is 0 Å². The molecule has 0 heterocycles. The van der Waals surface area contributed by atoms with Gasteiger partial charge in [-0.15, -0.1) is 0 Å². The van der Waals surface area contributed by atoms with Crippen LogP contribution in [-0.2, 0) is 5.41 Å². The topological polar surface area (TPSA) is 26.0 Å². The minimum Gasteiger partial charge on any atom is -0.393 e. The summed E-state index contributed by atoms with van der Waals surface area (Å²) < 4.78 is 0. The predicted molar refractivity (Wildman–Crippen MR) is 89.0 cm³/mol. The van der Waals surface area contributed by atoms with Crippen LogP contribution < -0.4 is 5.73 Å². The average Bonchev–Trinajstić information content (AvgIpc) is 3.25. The average molecular weight is 297 g/mol. The van der Waals surface area contributed by atoms with Gasteiger partial charge in [0.1, 0.15) is 0 Å². The summed E-state index contributed by atoms with van der Waals surface area (Å²) in [4.78, 5) is 0.832. The Balaban J connectivity index is 1.61. The van der Waals surface area contributed by atoms with Gasteiger partial charge in [0, 0.05) is 5.41 Å². The molecule has 0 radical (unpaired) electrons. The molecule has 0 spiro atoms. The van der Waals surface area contributed by atoms with Gasteiger partial charge in [0.25, 0.3) is 0 Å². The van der Waals surface area contributed by atoms with Crippen molar-refractivity contribution in [2.24, 2.45) is 34.8 Å². The van der Waals surface area contributed by atoms with Crippen molar-refractivity contribution in [3.8, 4) is 0 Å². The Morgan fingerprint density at radius 2 is 1.81 bits per heavy atom. The van der Waals surface area contributed by atoms with Crippen LogP contribution in [0.4, 0.5) is 0 Å². The van der Waals surface area contributed by atoms with E-state index in [-0.39, 0.29) is 5.41 Å². The van der Waals surface area contributed by atoms with Gasteiger partial charge in [-0.25, -0.2) is 0 Å². The van der Waals surface area contributed by atoms with Gasteiger partial charge < -0.3 is 5.73 Å². The molecule has 4 unspecified atom stereocenters. The van der Waals surface area contributed by atoms with E-state index >= 15 is 0 Å². The predicted octanol–water partition coefficient (Wildman–Crippen LogP) is 4.06. The van der Waals surface area contributed by atoms with Crippen molar-refractivity contribution in [1.29, 1.82) is 0 Å². The molecule has 5 atom stereocenters. The van der Waals surface area contributed by atoms with Crippen molar-refractivity contribution in [2.45, 2.75) is 43.9 Å². The van der Waals surface area contributed by atoms with Gasteiger partial charge in [-0.3, -0.25) is 0 Å². The molecular formula is C19H23NS. The molecule has 5 saturated carbocycles. The maximum atomic E-state index is 6.31. The number of thiocarbonyl (C=S) groups is 1. The summed E-state index contributed by atoms with van der Waals surface area (Å²) in [5.74, 6) is 3.60. The highest BCUT2D eigenvalue weighted by atomic mass is 32.1. The van der Waals surface area contributed by atoms with Gasteiger partial charge in [0.05, 0.1) is 4.99 Å². The number of nitrogens with two attached hydrogens (primary N) is 1. The molecule has 21 heavy (non-hydrogen) atoms.